The van der Waals surface area contributed by atoms with E-state index in [9.17, 15) is 5.11 Å². The molecule has 0 atom stereocenters. The molecule has 1 heterocycles. The summed E-state index contributed by atoms with van der Waals surface area (Å²) >= 11 is 0. The predicted octanol–water partition coefficient (Wildman–Crippen LogP) is 9.07. The monoisotopic (exact) mass is 462 g/mol. The number of para-hydroxylation sites is 2. The summed E-state index contributed by atoms with van der Waals surface area (Å²) in [4.78, 5) is 0. The molecule has 5 rings (SSSR count). The van der Waals surface area contributed by atoms with E-state index < -0.39 is 0 Å². The highest BCUT2D eigenvalue weighted by molar-refractivity contribution is 6.07. The summed E-state index contributed by atoms with van der Waals surface area (Å²) in [6, 6.07) is 21.4. The average Bonchev–Trinajstić information content (AvgIpc) is 3.17. The maximum Gasteiger partial charge on any atom is 0.138 e. The van der Waals surface area contributed by atoms with E-state index in [1.54, 1.807) is 0 Å². The first-order chi connectivity index (χ1) is 16.8. The Labute approximate surface area is 208 Å². The Balaban J connectivity index is 1.34. The first-order valence-electron chi connectivity index (χ1n) is 12.6. The summed E-state index contributed by atoms with van der Waals surface area (Å²) < 4.78 is 6.34. The van der Waals surface area contributed by atoms with Gasteiger partial charge in [-0.1, -0.05) is 60.2 Å². The second-order valence-electron chi connectivity index (χ2n) is 10.1. The van der Waals surface area contributed by atoms with E-state index in [4.69, 9.17) is 4.42 Å². The summed E-state index contributed by atoms with van der Waals surface area (Å²) in [6.45, 7) is 10.7. The molecule has 0 bridgehead atoms. The fourth-order valence-electron chi connectivity index (χ4n) is 5.79. The van der Waals surface area contributed by atoms with Gasteiger partial charge in [0, 0.05) is 16.3 Å². The van der Waals surface area contributed by atoms with Crippen LogP contribution in [0.25, 0.3) is 33.1 Å². The molecule has 0 amide bonds. The standard InChI is InChI=1S/C33H34O2/c1-20-16-22(3)30(23(4)17-20)27-14-8-12-25(32(27)34)10-6-7-11-26-13-9-15-28-31-24(5)18-21(2)19-29(31)35-33(26)28/h8-9,12-19,34H,6-7,10-11H2,1-5H3. The average molecular weight is 463 g/mol. The smallest absolute Gasteiger partial charge is 0.138 e. The van der Waals surface area contributed by atoms with Crippen LogP contribution in [-0.2, 0) is 12.8 Å². The maximum atomic E-state index is 11.1. The minimum absolute atomic E-state index is 0.424. The van der Waals surface area contributed by atoms with Gasteiger partial charge in [-0.2, -0.15) is 0 Å². The molecule has 4 aromatic carbocycles. The highest BCUT2D eigenvalue weighted by Gasteiger charge is 2.15. The summed E-state index contributed by atoms with van der Waals surface area (Å²) in [5, 5.41) is 13.6. The molecule has 0 unspecified atom stereocenters. The van der Waals surface area contributed by atoms with E-state index in [1.807, 2.05) is 6.07 Å². The van der Waals surface area contributed by atoms with Crippen LogP contribution in [0.5, 0.6) is 5.75 Å². The molecule has 0 radical (unpaired) electrons. The van der Waals surface area contributed by atoms with Crippen LogP contribution >= 0.6 is 0 Å². The summed E-state index contributed by atoms with van der Waals surface area (Å²) in [6.07, 6.45) is 3.88. The molecule has 2 nitrogen and oxygen atoms in total. The molecule has 1 aromatic heterocycles. The van der Waals surface area contributed by atoms with Gasteiger partial charge in [0.25, 0.3) is 0 Å². The maximum absolute atomic E-state index is 11.1. The van der Waals surface area contributed by atoms with Gasteiger partial charge in [0.2, 0.25) is 0 Å². The van der Waals surface area contributed by atoms with Crippen LogP contribution < -0.4 is 0 Å². The van der Waals surface area contributed by atoms with Gasteiger partial charge in [0.1, 0.15) is 16.9 Å². The van der Waals surface area contributed by atoms with Crippen LogP contribution in [0, 0.1) is 34.6 Å². The van der Waals surface area contributed by atoms with Crippen LogP contribution in [0.3, 0.4) is 0 Å². The topological polar surface area (TPSA) is 33.4 Å². The predicted molar refractivity (Wildman–Crippen MR) is 148 cm³/mol. The molecule has 2 heteroatoms. The second kappa shape index (κ2) is 9.26. The Morgan fingerprint density at radius 2 is 1.29 bits per heavy atom. The van der Waals surface area contributed by atoms with Gasteiger partial charge in [-0.05, 0) is 105 Å². The minimum atomic E-state index is 0.424. The van der Waals surface area contributed by atoms with Crippen LogP contribution in [0.1, 0.15) is 51.8 Å². The molecule has 0 aliphatic carbocycles. The van der Waals surface area contributed by atoms with Crippen molar-refractivity contribution in [1.82, 2.24) is 0 Å². The van der Waals surface area contributed by atoms with Crippen molar-refractivity contribution < 1.29 is 9.52 Å². The van der Waals surface area contributed by atoms with Gasteiger partial charge in [-0.25, -0.2) is 0 Å². The summed E-state index contributed by atoms with van der Waals surface area (Å²) in [7, 11) is 0. The minimum Gasteiger partial charge on any atom is -0.507 e. The van der Waals surface area contributed by atoms with E-state index in [0.717, 1.165) is 53.5 Å². The molecule has 0 aliphatic heterocycles. The number of phenols is 1. The van der Waals surface area contributed by atoms with Crippen molar-refractivity contribution in [1.29, 1.82) is 0 Å². The highest BCUT2D eigenvalue weighted by Crippen LogP contribution is 2.38. The number of aryl methyl sites for hydroxylation is 7. The van der Waals surface area contributed by atoms with E-state index in [1.165, 1.54) is 44.2 Å². The molecule has 0 saturated heterocycles. The lowest BCUT2D eigenvalue weighted by Gasteiger charge is -2.15. The fraction of sp³-hybridized carbons (Fsp3) is 0.273. The van der Waals surface area contributed by atoms with Gasteiger partial charge in [-0.15, -0.1) is 0 Å². The van der Waals surface area contributed by atoms with Crippen molar-refractivity contribution in [2.24, 2.45) is 0 Å². The zero-order chi connectivity index (χ0) is 24.7. The zero-order valence-corrected chi connectivity index (χ0v) is 21.5. The largest absolute Gasteiger partial charge is 0.507 e. The quantitative estimate of drug-likeness (QED) is 0.255. The molecule has 0 spiro atoms. The van der Waals surface area contributed by atoms with Crippen molar-refractivity contribution in [3.63, 3.8) is 0 Å². The van der Waals surface area contributed by atoms with Gasteiger partial charge < -0.3 is 9.52 Å². The summed E-state index contributed by atoms with van der Waals surface area (Å²) in [5.74, 6) is 0.424. The molecular formula is C33H34O2. The molecule has 0 aliphatic rings. The van der Waals surface area contributed by atoms with Crippen LogP contribution in [0.2, 0.25) is 0 Å². The number of rotatable bonds is 6. The van der Waals surface area contributed by atoms with E-state index in [0.29, 0.717) is 5.75 Å². The fourth-order valence-corrected chi connectivity index (χ4v) is 5.79. The first kappa shape index (κ1) is 23.2. The van der Waals surface area contributed by atoms with Gasteiger partial charge >= 0.3 is 0 Å². The lowest BCUT2D eigenvalue weighted by Crippen LogP contribution is -1.94. The molecule has 35 heavy (non-hydrogen) atoms. The molecule has 5 aromatic rings. The van der Waals surface area contributed by atoms with Crippen LogP contribution in [0.4, 0.5) is 0 Å². The molecule has 178 valence electrons. The lowest BCUT2D eigenvalue weighted by atomic mass is 9.91. The third-order valence-corrected chi connectivity index (χ3v) is 7.23. The van der Waals surface area contributed by atoms with Crippen LogP contribution in [-0.4, -0.2) is 5.11 Å². The SMILES string of the molecule is Cc1cc(C)c(-c2cccc(CCCCc3cccc4c3oc3cc(C)cc(C)c34)c2O)c(C)c1. The van der Waals surface area contributed by atoms with Crippen molar-refractivity contribution in [2.45, 2.75) is 60.3 Å². The molecule has 0 saturated carbocycles. The Hall–Kier alpha value is -3.52. The number of phenolic OH excluding ortho intramolecular Hbond substituents is 1. The van der Waals surface area contributed by atoms with Crippen molar-refractivity contribution in [3.8, 4) is 16.9 Å². The Kier molecular flexibility index (Phi) is 6.15. The van der Waals surface area contributed by atoms with Crippen molar-refractivity contribution in [3.05, 3.63) is 99.6 Å². The summed E-state index contributed by atoms with van der Waals surface area (Å²) in [5.41, 5.74) is 12.5. The number of furan rings is 1. The van der Waals surface area contributed by atoms with Crippen molar-refractivity contribution >= 4 is 21.9 Å². The van der Waals surface area contributed by atoms with Gasteiger partial charge in [-0.3, -0.25) is 0 Å². The highest BCUT2D eigenvalue weighted by atomic mass is 16.3. The lowest BCUT2D eigenvalue weighted by molar-refractivity contribution is 0.468. The van der Waals surface area contributed by atoms with E-state index in [2.05, 4.69) is 89.2 Å². The van der Waals surface area contributed by atoms with E-state index in [-0.39, 0.29) is 0 Å². The number of hydrogen-bond donors (Lipinski definition) is 1. The zero-order valence-electron chi connectivity index (χ0n) is 21.5. The number of aromatic hydroxyl groups is 1. The number of hydrogen-bond acceptors (Lipinski definition) is 2. The number of unbranched alkanes of at least 4 members (excludes halogenated alkanes) is 1. The normalized spacial score (nSPS) is 11.6. The molecular weight excluding hydrogens is 428 g/mol. The van der Waals surface area contributed by atoms with Gasteiger partial charge in [0.15, 0.2) is 0 Å². The van der Waals surface area contributed by atoms with Crippen LogP contribution in [0.15, 0.2) is 65.1 Å². The third kappa shape index (κ3) is 4.34. The Bertz CT molecular complexity index is 1530. The number of fused-ring (bicyclic) bond motifs is 3. The number of benzene rings is 4. The first-order valence-corrected chi connectivity index (χ1v) is 12.6. The Morgan fingerprint density at radius 1 is 0.686 bits per heavy atom. The molecule has 1 N–H and O–H groups in total. The van der Waals surface area contributed by atoms with Gasteiger partial charge in [0.05, 0.1) is 0 Å². The Morgan fingerprint density at radius 3 is 2.03 bits per heavy atom. The molecule has 0 fully saturated rings. The van der Waals surface area contributed by atoms with Crippen molar-refractivity contribution in [2.75, 3.05) is 0 Å². The van der Waals surface area contributed by atoms with E-state index >= 15 is 0 Å². The third-order valence-electron chi connectivity index (χ3n) is 7.23. The second-order valence-corrected chi connectivity index (χ2v) is 10.1.